The third-order valence-electron chi connectivity index (χ3n) is 2.58. The molecule has 17 heavy (non-hydrogen) atoms. The third kappa shape index (κ3) is 6.73. The second-order valence-electron chi connectivity index (χ2n) is 4.10. The number of amides is 1. The van der Waals surface area contributed by atoms with Crippen LogP contribution in [0, 0.1) is 0 Å². The van der Waals surface area contributed by atoms with Crippen molar-refractivity contribution in [1.29, 1.82) is 0 Å². The monoisotopic (exact) mass is 238 g/mol. The molecule has 0 aromatic carbocycles. The van der Waals surface area contributed by atoms with Gasteiger partial charge in [-0.25, -0.2) is 4.98 Å². The first-order valence-electron chi connectivity index (χ1n) is 6.25. The zero-order valence-electron chi connectivity index (χ0n) is 10.3. The lowest BCUT2D eigenvalue weighted by atomic mass is 10.2. The first-order valence-corrected chi connectivity index (χ1v) is 6.25. The highest BCUT2D eigenvalue weighted by Gasteiger charge is 1.99. The molecular weight excluding hydrogens is 216 g/mol. The minimum Gasteiger partial charge on any atom is -0.356 e. The normalized spacial score (nSPS) is 10.4. The second-order valence-corrected chi connectivity index (χ2v) is 4.10. The van der Waals surface area contributed by atoms with Crippen LogP contribution in [0.5, 0.6) is 0 Å². The topological polar surface area (TPSA) is 72.9 Å². The van der Waals surface area contributed by atoms with Crippen LogP contribution in [0.1, 0.15) is 32.1 Å². The Morgan fingerprint density at radius 1 is 1.29 bits per heavy atom. The smallest absolute Gasteiger partial charge is 0.219 e. The van der Waals surface area contributed by atoms with E-state index in [-0.39, 0.29) is 5.91 Å². The Morgan fingerprint density at radius 3 is 2.88 bits per heavy atom. The van der Waals surface area contributed by atoms with Gasteiger partial charge in [0.05, 0.1) is 6.33 Å². The molecule has 0 saturated carbocycles. The van der Waals surface area contributed by atoms with E-state index in [0.717, 1.165) is 38.8 Å². The lowest BCUT2D eigenvalue weighted by Crippen LogP contribution is -2.24. The number of aryl methyl sites for hydroxylation is 1. The molecule has 0 atom stereocenters. The van der Waals surface area contributed by atoms with E-state index in [1.165, 1.54) is 0 Å². The number of unbranched alkanes of at least 4 members (excludes halogenated alkanes) is 2. The van der Waals surface area contributed by atoms with Crippen molar-refractivity contribution in [3.63, 3.8) is 0 Å². The highest BCUT2D eigenvalue weighted by molar-refractivity contribution is 5.75. The summed E-state index contributed by atoms with van der Waals surface area (Å²) < 4.78 is 2.04. The number of aromatic nitrogens is 2. The van der Waals surface area contributed by atoms with Crippen molar-refractivity contribution in [1.82, 2.24) is 14.9 Å². The summed E-state index contributed by atoms with van der Waals surface area (Å²) in [6, 6.07) is 0. The number of rotatable bonds is 9. The molecule has 0 spiro atoms. The molecule has 1 rings (SSSR count). The number of hydrogen-bond donors (Lipinski definition) is 2. The molecule has 0 aliphatic rings. The van der Waals surface area contributed by atoms with Crippen LogP contribution >= 0.6 is 0 Å². The molecule has 0 aliphatic carbocycles. The maximum Gasteiger partial charge on any atom is 0.219 e. The summed E-state index contributed by atoms with van der Waals surface area (Å²) in [4.78, 5) is 15.3. The molecule has 1 aromatic heterocycles. The first-order chi connectivity index (χ1) is 8.33. The van der Waals surface area contributed by atoms with Crippen molar-refractivity contribution in [2.45, 2.75) is 38.6 Å². The second kappa shape index (κ2) is 8.75. The molecule has 0 radical (unpaired) electrons. The minimum atomic E-state index is 0.140. The van der Waals surface area contributed by atoms with E-state index in [9.17, 15) is 4.79 Å². The fourth-order valence-electron chi connectivity index (χ4n) is 1.58. The maximum atomic E-state index is 11.3. The summed E-state index contributed by atoms with van der Waals surface area (Å²) in [5, 5.41) is 2.92. The summed E-state index contributed by atoms with van der Waals surface area (Å²) in [7, 11) is 0. The Labute approximate surface area is 102 Å². The van der Waals surface area contributed by atoms with Crippen LogP contribution in [0.25, 0.3) is 0 Å². The summed E-state index contributed by atoms with van der Waals surface area (Å²) >= 11 is 0. The highest BCUT2D eigenvalue weighted by atomic mass is 16.1. The van der Waals surface area contributed by atoms with E-state index in [1.807, 2.05) is 17.1 Å². The molecule has 96 valence electrons. The summed E-state index contributed by atoms with van der Waals surface area (Å²) in [5.41, 5.74) is 5.36. The lowest BCUT2D eigenvalue weighted by Gasteiger charge is -2.05. The van der Waals surface area contributed by atoms with Crippen molar-refractivity contribution >= 4 is 5.91 Å². The van der Waals surface area contributed by atoms with E-state index in [2.05, 4.69) is 10.3 Å². The van der Waals surface area contributed by atoms with E-state index in [1.54, 1.807) is 6.20 Å². The number of nitrogens with one attached hydrogen (secondary N) is 1. The fourth-order valence-corrected chi connectivity index (χ4v) is 1.58. The van der Waals surface area contributed by atoms with Gasteiger partial charge >= 0.3 is 0 Å². The Hall–Kier alpha value is -1.36. The van der Waals surface area contributed by atoms with Gasteiger partial charge in [0.15, 0.2) is 0 Å². The summed E-state index contributed by atoms with van der Waals surface area (Å²) in [6.45, 7) is 2.39. The van der Waals surface area contributed by atoms with Gasteiger partial charge < -0.3 is 15.6 Å². The van der Waals surface area contributed by atoms with Crippen LogP contribution in [-0.4, -0.2) is 28.5 Å². The van der Waals surface area contributed by atoms with Gasteiger partial charge in [-0.1, -0.05) is 0 Å². The number of imidazole rings is 1. The Kier molecular flexibility index (Phi) is 7.06. The number of carbonyl (C=O) groups excluding carboxylic acids is 1. The van der Waals surface area contributed by atoms with Crippen LogP contribution in [0.15, 0.2) is 18.7 Å². The third-order valence-corrected chi connectivity index (χ3v) is 2.58. The van der Waals surface area contributed by atoms with Gasteiger partial charge in [0.1, 0.15) is 0 Å². The van der Waals surface area contributed by atoms with Gasteiger partial charge in [-0.3, -0.25) is 4.79 Å². The number of nitrogens with zero attached hydrogens (tertiary/aromatic N) is 2. The fraction of sp³-hybridized carbons (Fsp3) is 0.667. The molecular formula is C12H22N4O. The van der Waals surface area contributed by atoms with Crippen LogP contribution in [0.4, 0.5) is 0 Å². The van der Waals surface area contributed by atoms with Gasteiger partial charge in [0.25, 0.3) is 0 Å². The van der Waals surface area contributed by atoms with E-state index in [0.29, 0.717) is 13.0 Å². The molecule has 1 aromatic rings. The van der Waals surface area contributed by atoms with Crippen molar-refractivity contribution in [3.05, 3.63) is 18.7 Å². The van der Waals surface area contributed by atoms with Gasteiger partial charge in [-0.05, 0) is 32.2 Å². The quantitative estimate of drug-likeness (QED) is 0.628. The van der Waals surface area contributed by atoms with Gasteiger partial charge in [0.2, 0.25) is 5.91 Å². The molecule has 5 heteroatoms. The van der Waals surface area contributed by atoms with E-state index in [4.69, 9.17) is 5.73 Å². The maximum absolute atomic E-state index is 11.3. The lowest BCUT2D eigenvalue weighted by molar-refractivity contribution is -0.121. The molecule has 3 N–H and O–H groups in total. The highest BCUT2D eigenvalue weighted by Crippen LogP contribution is 1.96. The largest absolute Gasteiger partial charge is 0.356 e. The van der Waals surface area contributed by atoms with E-state index < -0.39 is 0 Å². The average molecular weight is 238 g/mol. The molecule has 1 heterocycles. The molecule has 0 saturated heterocycles. The number of hydrogen-bond acceptors (Lipinski definition) is 3. The van der Waals surface area contributed by atoms with E-state index >= 15 is 0 Å². The predicted molar refractivity (Wildman–Crippen MR) is 67.4 cm³/mol. The Balaban J connectivity index is 1.91. The summed E-state index contributed by atoms with van der Waals surface area (Å²) in [5.74, 6) is 0.140. The van der Waals surface area contributed by atoms with Crippen LogP contribution in [0.3, 0.4) is 0 Å². The average Bonchev–Trinajstić information content (AvgIpc) is 2.82. The van der Waals surface area contributed by atoms with Crippen LogP contribution in [-0.2, 0) is 11.3 Å². The molecule has 5 nitrogen and oxygen atoms in total. The molecule has 0 fully saturated rings. The van der Waals surface area contributed by atoms with Gasteiger partial charge in [-0.15, -0.1) is 0 Å². The number of nitrogens with two attached hydrogens (primary N) is 1. The van der Waals surface area contributed by atoms with Crippen molar-refractivity contribution in [3.8, 4) is 0 Å². The van der Waals surface area contributed by atoms with Crippen molar-refractivity contribution in [2.24, 2.45) is 5.73 Å². The zero-order chi connectivity index (χ0) is 12.3. The molecule has 1 amide bonds. The first kappa shape index (κ1) is 13.7. The standard InChI is InChI=1S/C12H22N4O/c13-6-2-1-5-12(17)15-7-3-4-9-16-10-8-14-11-16/h8,10-11H,1-7,9,13H2,(H,15,17). The van der Waals surface area contributed by atoms with Crippen LogP contribution in [0.2, 0.25) is 0 Å². The van der Waals surface area contributed by atoms with Crippen molar-refractivity contribution in [2.75, 3.05) is 13.1 Å². The molecule has 0 bridgehead atoms. The molecule has 0 unspecified atom stereocenters. The Morgan fingerprint density at radius 2 is 2.18 bits per heavy atom. The minimum absolute atomic E-state index is 0.140. The van der Waals surface area contributed by atoms with Crippen LogP contribution < -0.4 is 11.1 Å². The predicted octanol–water partition coefficient (Wildman–Crippen LogP) is 0.908. The van der Waals surface area contributed by atoms with Gasteiger partial charge in [0, 0.05) is 31.9 Å². The van der Waals surface area contributed by atoms with Crippen molar-refractivity contribution < 1.29 is 4.79 Å². The molecule has 0 aliphatic heterocycles. The van der Waals surface area contributed by atoms with Gasteiger partial charge in [-0.2, -0.15) is 0 Å². The summed E-state index contributed by atoms with van der Waals surface area (Å²) in [6.07, 6.45) is 10.0. The Bertz CT molecular complexity index is 297. The SMILES string of the molecule is NCCCCC(=O)NCCCCn1ccnc1. The number of carbonyl (C=O) groups is 1. The zero-order valence-corrected chi connectivity index (χ0v) is 10.3.